The van der Waals surface area contributed by atoms with Gasteiger partial charge in [0.1, 0.15) is 0 Å². The monoisotopic (exact) mass is 255 g/mol. The number of benzene rings is 1. The molecule has 1 atom stereocenters. The third kappa shape index (κ3) is 4.07. The second kappa shape index (κ2) is 5.68. The van der Waals surface area contributed by atoms with E-state index in [4.69, 9.17) is 16.7 Å². The summed E-state index contributed by atoms with van der Waals surface area (Å²) in [7, 11) is 0. The Morgan fingerprint density at radius 2 is 2.12 bits per heavy atom. The number of hydrogen-bond acceptors (Lipinski definition) is 2. The minimum atomic E-state index is -0.940. The summed E-state index contributed by atoms with van der Waals surface area (Å²) in [4.78, 5) is 22.2. The second-order valence-corrected chi connectivity index (χ2v) is 4.34. The fourth-order valence-electron chi connectivity index (χ4n) is 1.41. The lowest BCUT2D eigenvalue weighted by Crippen LogP contribution is -2.34. The summed E-state index contributed by atoms with van der Waals surface area (Å²) in [6, 6.07) is 4.52. The van der Waals surface area contributed by atoms with E-state index in [1.807, 2.05) is 0 Å². The average Bonchev–Trinajstić information content (AvgIpc) is 2.20. The quantitative estimate of drug-likeness (QED) is 0.867. The summed E-state index contributed by atoms with van der Waals surface area (Å²) in [5.74, 6) is -1.23. The van der Waals surface area contributed by atoms with Crippen molar-refractivity contribution < 1.29 is 14.7 Å². The smallest absolute Gasteiger partial charge is 0.305 e. The molecule has 0 saturated heterocycles. The van der Waals surface area contributed by atoms with Gasteiger partial charge in [0.05, 0.1) is 6.42 Å². The molecule has 0 heterocycles. The minimum absolute atomic E-state index is 0.0989. The molecule has 0 aliphatic carbocycles. The first-order chi connectivity index (χ1) is 7.90. The maximum Gasteiger partial charge on any atom is 0.305 e. The molecule has 1 rings (SSSR count). The molecule has 1 amide bonds. The van der Waals surface area contributed by atoms with E-state index in [1.54, 1.807) is 32.0 Å². The highest BCUT2D eigenvalue weighted by molar-refractivity contribution is 6.31. The van der Waals surface area contributed by atoms with Crippen LogP contribution in [0.2, 0.25) is 5.02 Å². The molecule has 4 nitrogen and oxygen atoms in total. The summed E-state index contributed by atoms with van der Waals surface area (Å²) in [5, 5.41) is 11.8. The first kappa shape index (κ1) is 13.5. The normalized spacial score (nSPS) is 11.9. The van der Waals surface area contributed by atoms with E-state index in [2.05, 4.69) is 5.32 Å². The van der Waals surface area contributed by atoms with Crippen LogP contribution in [0.1, 0.15) is 29.3 Å². The number of amides is 1. The Morgan fingerprint density at radius 3 is 2.65 bits per heavy atom. The number of nitrogens with one attached hydrogen (secondary N) is 1. The van der Waals surface area contributed by atoms with Crippen molar-refractivity contribution in [3.63, 3.8) is 0 Å². The van der Waals surface area contributed by atoms with Crippen molar-refractivity contribution in [2.45, 2.75) is 26.3 Å². The highest BCUT2D eigenvalue weighted by atomic mass is 35.5. The summed E-state index contributed by atoms with van der Waals surface area (Å²) < 4.78 is 0. The number of carboxylic acid groups (broad SMARTS) is 1. The first-order valence-corrected chi connectivity index (χ1v) is 5.56. The van der Waals surface area contributed by atoms with E-state index in [1.165, 1.54) is 0 Å². The summed E-state index contributed by atoms with van der Waals surface area (Å²) >= 11 is 5.85. The zero-order chi connectivity index (χ0) is 13.0. The molecule has 0 saturated carbocycles. The van der Waals surface area contributed by atoms with Crippen LogP contribution in [-0.2, 0) is 4.79 Å². The van der Waals surface area contributed by atoms with Gasteiger partial charge in [0.25, 0.3) is 5.91 Å². The Morgan fingerprint density at radius 1 is 1.47 bits per heavy atom. The predicted molar refractivity (Wildman–Crippen MR) is 65.4 cm³/mol. The molecule has 92 valence electrons. The maximum atomic E-state index is 11.8. The molecular weight excluding hydrogens is 242 g/mol. The first-order valence-electron chi connectivity index (χ1n) is 5.19. The lowest BCUT2D eigenvalue weighted by molar-refractivity contribution is -0.137. The van der Waals surface area contributed by atoms with Gasteiger partial charge in [-0.2, -0.15) is 0 Å². The number of carboxylic acids is 1. The predicted octanol–water partition coefficient (Wildman–Crippen LogP) is 2.24. The van der Waals surface area contributed by atoms with Crippen LogP contribution in [0.5, 0.6) is 0 Å². The molecule has 0 aromatic heterocycles. The van der Waals surface area contributed by atoms with Gasteiger partial charge in [0, 0.05) is 16.6 Å². The van der Waals surface area contributed by atoms with Crippen LogP contribution in [0.25, 0.3) is 0 Å². The molecule has 1 aromatic carbocycles. The van der Waals surface area contributed by atoms with E-state index in [0.29, 0.717) is 10.6 Å². The fraction of sp³-hybridized carbons (Fsp3) is 0.333. The number of hydrogen-bond donors (Lipinski definition) is 2. The fourth-order valence-corrected chi connectivity index (χ4v) is 1.52. The largest absolute Gasteiger partial charge is 0.481 e. The maximum absolute atomic E-state index is 11.8. The van der Waals surface area contributed by atoms with Crippen LogP contribution in [0, 0.1) is 6.92 Å². The van der Waals surface area contributed by atoms with Crippen LogP contribution in [0.3, 0.4) is 0 Å². The number of rotatable bonds is 4. The second-order valence-electron chi connectivity index (χ2n) is 3.94. The summed E-state index contributed by atoms with van der Waals surface area (Å²) in [6.07, 6.45) is -0.0989. The highest BCUT2D eigenvalue weighted by Crippen LogP contribution is 2.16. The van der Waals surface area contributed by atoms with Gasteiger partial charge in [-0.25, -0.2) is 0 Å². The molecule has 0 fully saturated rings. The molecule has 0 spiro atoms. The van der Waals surface area contributed by atoms with Crippen molar-refractivity contribution >= 4 is 23.5 Å². The molecule has 1 aromatic rings. The van der Waals surface area contributed by atoms with Gasteiger partial charge in [-0.3, -0.25) is 9.59 Å². The van der Waals surface area contributed by atoms with Gasteiger partial charge in [0.15, 0.2) is 0 Å². The van der Waals surface area contributed by atoms with Crippen LogP contribution in [-0.4, -0.2) is 23.0 Å². The Bertz CT molecular complexity index is 445. The van der Waals surface area contributed by atoms with E-state index >= 15 is 0 Å². The molecule has 0 bridgehead atoms. The standard InChI is InChI=1S/C12H14ClNO3/c1-7-5-9(3-4-10(7)13)12(17)14-8(2)6-11(15)16/h3-5,8H,6H2,1-2H3,(H,14,17)(H,15,16). The van der Waals surface area contributed by atoms with Gasteiger partial charge < -0.3 is 10.4 Å². The molecule has 0 radical (unpaired) electrons. The van der Waals surface area contributed by atoms with Gasteiger partial charge in [-0.05, 0) is 37.6 Å². The van der Waals surface area contributed by atoms with Gasteiger partial charge in [-0.1, -0.05) is 11.6 Å². The molecular formula is C12H14ClNO3. The number of halogens is 1. The van der Waals surface area contributed by atoms with E-state index in [-0.39, 0.29) is 12.3 Å². The van der Waals surface area contributed by atoms with E-state index in [0.717, 1.165) is 5.56 Å². The minimum Gasteiger partial charge on any atom is -0.481 e. The van der Waals surface area contributed by atoms with E-state index < -0.39 is 12.0 Å². The molecule has 0 aliphatic heterocycles. The molecule has 1 unspecified atom stereocenters. The number of carbonyl (C=O) groups excluding carboxylic acids is 1. The lowest BCUT2D eigenvalue weighted by Gasteiger charge is -2.12. The van der Waals surface area contributed by atoms with Crippen LogP contribution in [0.4, 0.5) is 0 Å². The zero-order valence-corrected chi connectivity index (χ0v) is 10.4. The van der Waals surface area contributed by atoms with Crippen molar-refractivity contribution in [3.8, 4) is 0 Å². The van der Waals surface area contributed by atoms with Crippen LogP contribution < -0.4 is 5.32 Å². The van der Waals surface area contributed by atoms with Crippen molar-refractivity contribution in [3.05, 3.63) is 34.3 Å². The third-order valence-electron chi connectivity index (χ3n) is 2.28. The van der Waals surface area contributed by atoms with Gasteiger partial charge in [0.2, 0.25) is 0 Å². The topological polar surface area (TPSA) is 66.4 Å². The summed E-state index contributed by atoms with van der Waals surface area (Å²) in [5.41, 5.74) is 1.29. The number of carbonyl (C=O) groups is 2. The average molecular weight is 256 g/mol. The summed E-state index contributed by atoms with van der Waals surface area (Å²) in [6.45, 7) is 3.45. The van der Waals surface area contributed by atoms with Crippen molar-refractivity contribution in [1.82, 2.24) is 5.32 Å². The SMILES string of the molecule is Cc1cc(C(=O)NC(C)CC(=O)O)ccc1Cl. The Balaban J connectivity index is 2.70. The zero-order valence-electron chi connectivity index (χ0n) is 9.66. The molecule has 5 heteroatoms. The Labute approximate surface area is 105 Å². The Hall–Kier alpha value is -1.55. The third-order valence-corrected chi connectivity index (χ3v) is 2.70. The molecule has 0 aliphatic rings. The van der Waals surface area contributed by atoms with Crippen LogP contribution >= 0.6 is 11.6 Å². The van der Waals surface area contributed by atoms with Gasteiger partial charge in [-0.15, -0.1) is 0 Å². The molecule has 17 heavy (non-hydrogen) atoms. The highest BCUT2D eigenvalue weighted by Gasteiger charge is 2.12. The van der Waals surface area contributed by atoms with Gasteiger partial charge >= 0.3 is 5.97 Å². The number of aliphatic carboxylic acids is 1. The van der Waals surface area contributed by atoms with Crippen molar-refractivity contribution in [2.24, 2.45) is 0 Å². The van der Waals surface area contributed by atoms with Crippen LogP contribution in [0.15, 0.2) is 18.2 Å². The van der Waals surface area contributed by atoms with Crippen molar-refractivity contribution in [1.29, 1.82) is 0 Å². The lowest BCUT2D eigenvalue weighted by atomic mass is 10.1. The van der Waals surface area contributed by atoms with E-state index in [9.17, 15) is 9.59 Å². The number of aryl methyl sites for hydroxylation is 1. The van der Waals surface area contributed by atoms with Crippen molar-refractivity contribution in [2.75, 3.05) is 0 Å². The Kier molecular flexibility index (Phi) is 4.52. The molecule has 2 N–H and O–H groups in total.